The van der Waals surface area contributed by atoms with Crippen molar-refractivity contribution in [3.05, 3.63) is 76.6 Å². The predicted octanol–water partition coefficient (Wildman–Crippen LogP) is 3.33. The summed E-state index contributed by atoms with van der Waals surface area (Å²) in [6.45, 7) is 4.58. The number of nitrogens with one attached hydrogen (secondary N) is 1. The molecule has 0 unspecified atom stereocenters. The van der Waals surface area contributed by atoms with Crippen LogP contribution in [0.25, 0.3) is 0 Å². The number of hydrazone groups is 1. The number of nitrogens with zero attached hydrogens (tertiary/aromatic N) is 3. The van der Waals surface area contributed by atoms with Crippen molar-refractivity contribution in [3.63, 3.8) is 0 Å². The number of rotatable bonds is 7. The van der Waals surface area contributed by atoms with Crippen LogP contribution in [0, 0.1) is 13.8 Å². The molecule has 0 aliphatic carbocycles. The van der Waals surface area contributed by atoms with Gasteiger partial charge in [-0.05, 0) is 49.7 Å². The van der Waals surface area contributed by atoms with Crippen LogP contribution >= 0.6 is 0 Å². The fraction of sp³-hybridized carbons (Fsp3) is 0.227. The van der Waals surface area contributed by atoms with Gasteiger partial charge in [0.25, 0.3) is 5.91 Å². The number of aryl methyl sites for hydroxylation is 2. The molecule has 1 heterocycles. The molecule has 0 aliphatic rings. The van der Waals surface area contributed by atoms with E-state index in [4.69, 9.17) is 9.47 Å². The average Bonchev–Trinajstić information content (AvgIpc) is 3.04. The highest BCUT2D eigenvalue weighted by atomic mass is 16.5. The Balaban J connectivity index is 1.68. The summed E-state index contributed by atoms with van der Waals surface area (Å²) in [5.41, 5.74) is 6.86. The molecule has 3 rings (SSSR count). The minimum absolute atomic E-state index is 0.288. The lowest BCUT2D eigenvalue weighted by atomic mass is 10.1. The molecule has 0 saturated heterocycles. The van der Waals surface area contributed by atoms with Crippen molar-refractivity contribution in [1.29, 1.82) is 0 Å². The first kappa shape index (κ1) is 20.1. The van der Waals surface area contributed by atoms with Crippen molar-refractivity contribution in [1.82, 2.24) is 15.2 Å². The van der Waals surface area contributed by atoms with Crippen molar-refractivity contribution in [2.45, 2.75) is 20.4 Å². The van der Waals surface area contributed by atoms with Crippen LogP contribution in [0.5, 0.6) is 11.5 Å². The van der Waals surface area contributed by atoms with E-state index in [1.807, 2.05) is 48.9 Å². The second-order valence-electron chi connectivity index (χ2n) is 6.59. The highest BCUT2D eigenvalue weighted by Gasteiger charge is 2.08. The third-order valence-electron chi connectivity index (χ3n) is 4.44. The van der Waals surface area contributed by atoms with Gasteiger partial charge in [0.2, 0.25) is 0 Å². The molecule has 2 aromatic carbocycles. The van der Waals surface area contributed by atoms with Gasteiger partial charge in [-0.2, -0.15) is 10.2 Å². The second kappa shape index (κ2) is 9.05. The van der Waals surface area contributed by atoms with E-state index >= 15 is 0 Å². The molecule has 0 aliphatic heterocycles. The van der Waals surface area contributed by atoms with Crippen molar-refractivity contribution < 1.29 is 14.3 Å². The summed E-state index contributed by atoms with van der Waals surface area (Å²) in [5, 5.41) is 8.51. The summed E-state index contributed by atoms with van der Waals surface area (Å²) in [4.78, 5) is 12.5. The molecule has 0 spiro atoms. The summed E-state index contributed by atoms with van der Waals surface area (Å²) in [5.74, 6) is 1.00. The van der Waals surface area contributed by atoms with E-state index in [2.05, 4.69) is 15.6 Å². The number of benzene rings is 2. The van der Waals surface area contributed by atoms with Gasteiger partial charge in [0.1, 0.15) is 11.5 Å². The zero-order valence-electron chi connectivity index (χ0n) is 17.0. The van der Waals surface area contributed by atoms with Crippen LogP contribution in [-0.4, -0.2) is 36.1 Å². The number of hydrogen-bond donors (Lipinski definition) is 1. The quantitative estimate of drug-likeness (QED) is 0.494. The Morgan fingerprint density at radius 1 is 1.14 bits per heavy atom. The average molecular weight is 392 g/mol. The lowest BCUT2D eigenvalue weighted by Crippen LogP contribution is -2.18. The normalized spacial score (nSPS) is 10.9. The molecule has 1 aromatic heterocycles. The number of carbonyl (C=O) groups is 1. The highest BCUT2D eigenvalue weighted by molar-refractivity contribution is 5.95. The first-order valence-electron chi connectivity index (χ1n) is 9.15. The maximum absolute atomic E-state index is 12.5. The van der Waals surface area contributed by atoms with Crippen LogP contribution in [0.1, 0.15) is 32.9 Å². The molecule has 29 heavy (non-hydrogen) atoms. The Labute approximate surface area is 170 Å². The number of carbonyl (C=O) groups excluding carboxylic acids is 1. The smallest absolute Gasteiger partial charge is 0.271 e. The van der Waals surface area contributed by atoms with Crippen LogP contribution in [0.4, 0.5) is 0 Å². The molecule has 0 atom stereocenters. The van der Waals surface area contributed by atoms with Crippen LogP contribution in [0.3, 0.4) is 0 Å². The van der Waals surface area contributed by atoms with Crippen molar-refractivity contribution >= 4 is 12.1 Å². The van der Waals surface area contributed by atoms with Gasteiger partial charge in [0.05, 0.1) is 32.7 Å². The van der Waals surface area contributed by atoms with Crippen LogP contribution in [0.15, 0.2) is 53.6 Å². The van der Waals surface area contributed by atoms with E-state index < -0.39 is 0 Å². The van der Waals surface area contributed by atoms with E-state index in [1.54, 1.807) is 32.4 Å². The molecule has 1 amide bonds. The van der Waals surface area contributed by atoms with E-state index in [-0.39, 0.29) is 5.91 Å². The number of methoxy groups -OCH3 is 2. The molecule has 0 saturated carbocycles. The fourth-order valence-electron chi connectivity index (χ4n) is 2.97. The van der Waals surface area contributed by atoms with Gasteiger partial charge in [0.15, 0.2) is 0 Å². The summed E-state index contributed by atoms with van der Waals surface area (Å²) < 4.78 is 12.4. The van der Waals surface area contributed by atoms with E-state index in [9.17, 15) is 4.79 Å². The van der Waals surface area contributed by atoms with Crippen molar-refractivity contribution in [2.24, 2.45) is 5.10 Å². The largest absolute Gasteiger partial charge is 0.497 e. The summed E-state index contributed by atoms with van der Waals surface area (Å²) in [7, 11) is 3.16. The van der Waals surface area contributed by atoms with Crippen LogP contribution in [-0.2, 0) is 6.54 Å². The third-order valence-corrected chi connectivity index (χ3v) is 4.44. The molecule has 0 radical (unpaired) electrons. The van der Waals surface area contributed by atoms with Crippen molar-refractivity contribution in [2.75, 3.05) is 14.2 Å². The zero-order chi connectivity index (χ0) is 20.8. The molecule has 0 bridgehead atoms. The van der Waals surface area contributed by atoms with Crippen LogP contribution < -0.4 is 14.9 Å². The minimum Gasteiger partial charge on any atom is -0.497 e. The summed E-state index contributed by atoms with van der Waals surface area (Å²) in [6, 6.07) is 14.8. The first-order chi connectivity index (χ1) is 14.0. The number of ether oxygens (including phenoxy) is 2. The topological polar surface area (TPSA) is 77.7 Å². The summed E-state index contributed by atoms with van der Waals surface area (Å²) in [6.07, 6.45) is 1.54. The van der Waals surface area contributed by atoms with Gasteiger partial charge >= 0.3 is 0 Å². The molecular weight excluding hydrogens is 368 g/mol. The van der Waals surface area contributed by atoms with Gasteiger partial charge < -0.3 is 9.47 Å². The second-order valence-corrected chi connectivity index (χ2v) is 6.59. The monoisotopic (exact) mass is 392 g/mol. The van der Waals surface area contributed by atoms with Gasteiger partial charge in [-0.25, -0.2) is 5.43 Å². The molecule has 3 aromatic rings. The van der Waals surface area contributed by atoms with Crippen LogP contribution in [0.2, 0.25) is 0 Å². The number of hydrogen-bond acceptors (Lipinski definition) is 5. The fourth-order valence-corrected chi connectivity index (χ4v) is 2.97. The Morgan fingerprint density at radius 3 is 2.66 bits per heavy atom. The molecule has 1 N–H and O–H groups in total. The van der Waals surface area contributed by atoms with Gasteiger partial charge in [-0.1, -0.05) is 12.1 Å². The minimum atomic E-state index is -0.288. The van der Waals surface area contributed by atoms with Gasteiger partial charge in [0, 0.05) is 22.9 Å². The third kappa shape index (κ3) is 5.01. The Hall–Kier alpha value is -3.61. The van der Waals surface area contributed by atoms with E-state index in [0.717, 1.165) is 22.5 Å². The Kier molecular flexibility index (Phi) is 6.29. The zero-order valence-corrected chi connectivity index (χ0v) is 17.0. The van der Waals surface area contributed by atoms with Crippen molar-refractivity contribution in [3.8, 4) is 11.5 Å². The Morgan fingerprint density at radius 2 is 1.97 bits per heavy atom. The molecular formula is C22H24N4O3. The maximum Gasteiger partial charge on any atom is 0.271 e. The van der Waals surface area contributed by atoms with Gasteiger partial charge in [-0.3, -0.25) is 9.48 Å². The standard InChI is InChI=1S/C22H24N4O3/c1-15-10-16(2)26(25-15)14-17-6-5-7-18(11-17)22(27)24-23-13-19-8-9-20(28-3)12-21(19)29-4/h5-13H,14H2,1-4H3,(H,24,27)/b23-13+. The maximum atomic E-state index is 12.5. The highest BCUT2D eigenvalue weighted by Crippen LogP contribution is 2.23. The lowest BCUT2D eigenvalue weighted by Gasteiger charge is -2.08. The number of aromatic nitrogens is 2. The molecule has 7 nitrogen and oxygen atoms in total. The summed E-state index contributed by atoms with van der Waals surface area (Å²) >= 11 is 0. The Bertz CT molecular complexity index is 1040. The molecule has 0 fully saturated rings. The molecule has 7 heteroatoms. The SMILES string of the molecule is COc1ccc(/C=N/NC(=O)c2cccc(Cn3nc(C)cc3C)c2)c(OC)c1. The number of amides is 1. The lowest BCUT2D eigenvalue weighted by molar-refractivity contribution is 0.0955. The first-order valence-corrected chi connectivity index (χ1v) is 9.15. The van der Waals surface area contributed by atoms with E-state index in [0.29, 0.717) is 23.6 Å². The molecule has 150 valence electrons. The van der Waals surface area contributed by atoms with Gasteiger partial charge in [-0.15, -0.1) is 0 Å². The predicted molar refractivity (Wildman–Crippen MR) is 112 cm³/mol. The van der Waals surface area contributed by atoms with E-state index in [1.165, 1.54) is 6.21 Å².